The molecule has 0 bridgehead atoms. The molecule has 0 spiro atoms. The smallest absolute Gasteiger partial charge is 0.328 e. The molecule has 8 N–H and O–H groups in total. The fraction of sp³-hybridized carbons (Fsp3) is 0.474. The number of aromatic hydroxyl groups is 1. The third-order valence-corrected chi connectivity index (χ3v) is 4.27. The number of rotatable bonds is 11. The average molecular weight is 424 g/mol. The summed E-state index contributed by atoms with van der Waals surface area (Å²) in [4.78, 5) is 47.7. The van der Waals surface area contributed by atoms with Crippen molar-refractivity contribution in [3.05, 3.63) is 29.8 Å². The Kier molecular flexibility index (Phi) is 9.72. The summed E-state index contributed by atoms with van der Waals surface area (Å²) in [6.45, 7) is 2.25. The number of carboxylic acids is 1. The van der Waals surface area contributed by atoms with Gasteiger partial charge in [0.05, 0.1) is 19.2 Å². The van der Waals surface area contributed by atoms with E-state index in [2.05, 4.69) is 16.0 Å². The van der Waals surface area contributed by atoms with Crippen LogP contribution in [-0.2, 0) is 25.6 Å². The maximum atomic E-state index is 12.5. The molecule has 3 unspecified atom stereocenters. The molecule has 3 amide bonds. The van der Waals surface area contributed by atoms with E-state index in [1.54, 1.807) is 13.8 Å². The van der Waals surface area contributed by atoms with Crippen molar-refractivity contribution in [3.63, 3.8) is 0 Å². The molecule has 1 aromatic rings. The van der Waals surface area contributed by atoms with Crippen LogP contribution in [0, 0.1) is 5.92 Å². The van der Waals surface area contributed by atoms with E-state index in [9.17, 15) is 24.3 Å². The molecule has 0 saturated carbocycles. The molecule has 11 heteroatoms. The first-order valence-electron chi connectivity index (χ1n) is 9.29. The maximum absolute atomic E-state index is 12.5. The number of carbonyl (C=O) groups is 4. The zero-order valence-electron chi connectivity index (χ0n) is 16.8. The lowest BCUT2D eigenvalue weighted by Gasteiger charge is -2.21. The molecule has 0 aliphatic rings. The molecule has 0 fully saturated rings. The van der Waals surface area contributed by atoms with E-state index in [1.165, 1.54) is 24.3 Å². The number of aliphatic hydroxyl groups is 1. The number of amides is 3. The van der Waals surface area contributed by atoms with Gasteiger partial charge in [-0.25, -0.2) is 4.79 Å². The zero-order chi connectivity index (χ0) is 22.8. The minimum Gasteiger partial charge on any atom is -0.508 e. The largest absolute Gasteiger partial charge is 0.508 e. The maximum Gasteiger partial charge on any atom is 0.328 e. The summed E-state index contributed by atoms with van der Waals surface area (Å²) in [5.74, 6) is -3.59. The first kappa shape index (κ1) is 24.9. The number of hydrogen-bond donors (Lipinski definition) is 7. The van der Waals surface area contributed by atoms with E-state index in [1.807, 2.05) is 0 Å². The zero-order valence-corrected chi connectivity index (χ0v) is 16.8. The second-order valence-corrected chi connectivity index (χ2v) is 7.06. The molecule has 0 radical (unpaired) electrons. The number of aliphatic hydroxyl groups excluding tert-OH is 1. The summed E-state index contributed by atoms with van der Waals surface area (Å²) < 4.78 is 0. The lowest BCUT2D eigenvalue weighted by atomic mass is 10.0. The normalized spacial score (nSPS) is 13.8. The number of phenolic OH excluding ortho intramolecular Hbond substituents is 1. The monoisotopic (exact) mass is 424 g/mol. The third-order valence-electron chi connectivity index (χ3n) is 4.27. The predicted octanol–water partition coefficient (Wildman–Crippen LogP) is -1.92. The van der Waals surface area contributed by atoms with Crippen molar-refractivity contribution in [3.8, 4) is 5.75 Å². The van der Waals surface area contributed by atoms with Gasteiger partial charge >= 0.3 is 5.97 Å². The predicted molar refractivity (Wildman–Crippen MR) is 106 cm³/mol. The average Bonchev–Trinajstić information content (AvgIpc) is 2.70. The minimum atomic E-state index is -1.54. The molecule has 0 aliphatic carbocycles. The number of nitrogens with one attached hydrogen (secondary N) is 3. The highest BCUT2D eigenvalue weighted by atomic mass is 16.4. The second kappa shape index (κ2) is 11.7. The molecule has 3 atom stereocenters. The molecule has 0 aromatic heterocycles. The van der Waals surface area contributed by atoms with Crippen LogP contribution in [-0.4, -0.2) is 70.3 Å². The number of benzene rings is 1. The van der Waals surface area contributed by atoms with Gasteiger partial charge in [0.15, 0.2) is 0 Å². The Morgan fingerprint density at radius 3 is 2.10 bits per heavy atom. The van der Waals surface area contributed by atoms with Gasteiger partial charge in [-0.3, -0.25) is 14.4 Å². The van der Waals surface area contributed by atoms with Crippen LogP contribution in [0.3, 0.4) is 0 Å². The van der Waals surface area contributed by atoms with E-state index in [0.717, 1.165) is 0 Å². The van der Waals surface area contributed by atoms with E-state index in [4.69, 9.17) is 15.9 Å². The van der Waals surface area contributed by atoms with Crippen molar-refractivity contribution in [2.24, 2.45) is 11.7 Å². The van der Waals surface area contributed by atoms with Crippen LogP contribution in [0.4, 0.5) is 0 Å². The highest BCUT2D eigenvalue weighted by Crippen LogP contribution is 2.11. The SMILES string of the molecule is CC(C)C(N)C(=O)NCC(=O)NC(Cc1ccc(O)cc1)C(=O)NC(CO)C(=O)O. The Morgan fingerprint density at radius 2 is 1.60 bits per heavy atom. The van der Waals surface area contributed by atoms with Gasteiger partial charge in [0.25, 0.3) is 0 Å². The van der Waals surface area contributed by atoms with Gasteiger partial charge in [-0.1, -0.05) is 26.0 Å². The van der Waals surface area contributed by atoms with E-state index < -0.39 is 55.0 Å². The van der Waals surface area contributed by atoms with Crippen molar-refractivity contribution in [2.75, 3.05) is 13.2 Å². The van der Waals surface area contributed by atoms with E-state index in [-0.39, 0.29) is 18.1 Å². The topological polar surface area (TPSA) is 191 Å². The van der Waals surface area contributed by atoms with Crippen molar-refractivity contribution in [2.45, 2.75) is 38.4 Å². The molecule has 11 nitrogen and oxygen atoms in total. The Morgan fingerprint density at radius 1 is 1.00 bits per heavy atom. The summed E-state index contributed by atoms with van der Waals surface area (Å²) in [6.07, 6.45) is -0.0188. The number of hydrogen-bond acceptors (Lipinski definition) is 7. The third kappa shape index (κ3) is 8.05. The lowest BCUT2D eigenvalue weighted by Crippen LogP contribution is -2.55. The van der Waals surface area contributed by atoms with Gasteiger partial charge in [0.2, 0.25) is 17.7 Å². The van der Waals surface area contributed by atoms with Crippen LogP contribution in [0.5, 0.6) is 5.75 Å². The Labute approximate surface area is 173 Å². The molecule has 30 heavy (non-hydrogen) atoms. The van der Waals surface area contributed by atoms with E-state index >= 15 is 0 Å². The van der Waals surface area contributed by atoms with Gasteiger partial charge in [-0.15, -0.1) is 0 Å². The lowest BCUT2D eigenvalue weighted by molar-refractivity contribution is -0.143. The van der Waals surface area contributed by atoms with Crippen molar-refractivity contribution >= 4 is 23.7 Å². The fourth-order valence-corrected chi connectivity index (χ4v) is 2.37. The second-order valence-electron chi connectivity index (χ2n) is 7.06. The van der Waals surface area contributed by atoms with Gasteiger partial charge in [-0.05, 0) is 23.6 Å². The van der Waals surface area contributed by atoms with Crippen LogP contribution in [0.1, 0.15) is 19.4 Å². The Bertz CT molecular complexity index is 752. The van der Waals surface area contributed by atoms with Gasteiger partial charge < -0.3 is 37.0 Å². The van der Waals surface area contributed by atoms with Crippen LogP contribution >= 0.6 is 0 Å². The summed E-state index contributed by atoms with van der Waals surface area (Å²) >= 11 is 0. The number of phenols is 1. The molecular weight excluding hydrogens is 396 g/mol. The summed E-state index contributed by atoms with van der Waals surface area (Å²) in [5, 5.41) is 34.4. The van der Waals surface area contributed by atoms with Crippen LogP contribution < -0.4 is 21.7 Å². The molecule has 0 heterocycles. The summed E-state index contributed by atoms with van der Waals surface area (Å²) in [5.41, 5.74) is 6.28. The number of nitrogens with two attached hydrogens (primary N) is 1. The van der Waals surface area contributed by atoms with E-state index in [0.29, 0.717) is 5.56 Å². The highest BCUT2D eigenvalue weighted by molar-refractivity contribution is 5.92. The number of aliphatic carboxylic acids is 1. The van der Waals surface area contributed by atoms with Crippen molar-refractivity contribution in [1.82, 2.24) is 16.0 Å². The van der Waals surface area contributed by atoms with Crippen molar-refractivity contribution in [1.29, 1.82) is 0 Å². The molecule has 166 valence electrons. The van der Waals surface area contributed by atoms with Crippen molar-refractivity contribution < 1.29 is 34.5 Å². The first-order chi connectivity index (χ1) is 14.0. The van der Waals surface area contributed by atoms with Crippen LogP contribution in [0.15, 0.2) is 24.3 Å². The molecular formula is C19H28N4O7. The van der Waals surface area contributed by atoms with Gasteiger partial charge in [0, 0.05) is 6.42 Å². The standard InChI is InChI=1S/C19H28N4O7/c1-10(2)16(20)18(28)21-8-15(26)22-13(7-11-3-5-12(25)6-4-11)17(27)23-14(9-24)19(29)30/h3-6,10,13-14,16,24-25H,7-9,20H2,1-2H3,(H,21,28)(H,22,26)(H,23,27)(H,29,30). The minimum absolute atomic E-state index is 0.0132. The van der Waals surface area contributed by atoms with Gasteiger partial charge in [-0.2, -0.15) is 0 Å². The molecule has 0 aliphatic heterocycles. The fourth-order valence-electron chi connectivity index (χ4n) is 2.37. The van der Waals surface area contributed by atoms with Gasteiger partial charge in [0.1, 0.15) is 17.8 Å². The summed E-state index contributed by atoms with van der Waals surface area (Å²) in [6, 6.07) is 2.33. The molecule has 1 aromatic carbocycles. The Hall–Kier alpha value is -3.18. The quantitative estimate of drug-likeness (QED) is 0.214. The highest BCUT2D eigenvalue weighted by Gasteiger charge is 2.27. The number of carbonyl (C=O) groups excluding carboxylic acids is 3. The van der Waals surface area contributed by atoms with Crippen LogP contribution in [0.2, 0.25) is 0 Å². The Balaban J connectivity index is 2.84. The van der Waals surface area contributed by atoms with Crippen LogP contribution in [0.25, 0.3) is 0 Å². The molecule has 0 saturated heterocycles. The first-order valence-corrected chi connectivity index (χ1v) is 9.29. The molecule has 1 rings (SSSR count). The summed E-state index contributed by atoms with van der Waals surface area (Å²) in [7, 11) is 0. The number of carboxylic acid groups (broad SMARTS) is 1.